The SMILES string of the molecule is O=C(OCc1ccccc1)[C@H](CC1CCCCC1)O[C@H]1[C@@H](O)[C@@H](COCc2ccccc2)O[C@@H](O[C@H]2CCCC[C@@H]2O)[C@@H]1O. The summed E-state index contributed by atoms with van der Waals surface area (Å²) in [6.07, 6.45) is 0.685. The van der Waals surface area contributed by atoms with Crippen LogP contribution in [0.3, 0.4) is 0 Å². The van der Waals surface area contributed by atoms with Crippen LogP contribution in [-0.4, -0.2) is 76.9 Å². The molecule has 44 heavy (non-hydrogen) atoms. The summed E-state index contributed by atoms with van der Waals surface area (Å²) in [4.78, 5) is 13.5. The van der Waals surface area contributed by atoms with E-state index in [0.717, 1.165) is 49.7 Å². The number of benzene rings is 2. The van der Waals surface area contributed by atoms with Crippen LogP contribution >= 0.6 is 0 Å². The summed E-state index contributed by atoms with van der Waals surface area (Å²) in [7, 11) is 0. The van der Waals surface area contributed by atoms with Gasteiger partial charge in [0, 0.05) is 0 Å². The second-order valence-corrected chi connectivity index (χ2v) is 12.5. The minimum atomic E-state index is -1.40. The van der Waals surface area contributed by atoms with E-state index in [1.54, 1.807) is 0 Å². The molecule has 9 nitrogen and oxygen atoms in total. The van der Waals surface area contributed by atoms with Crippen LogP contribution in [0.15, 0.2) is 60.7 Å². The number of ether oxygens (including phenoxy) is 5. The fourth-order valence-electron chi connectivity index (χ4n) is 6.53. The van der Waals surface area contributed by atoms with E-state index < -0.39 is 55.0 Å². The molecule has 3 aliphatic rings. The smallest absolute Gasteiger partial charge is 0.335 e. The van der Waals surface area contributed by atoms with Crippen LogP contribution in [-0.2, 0) is 41.7 Å². The van der Waals surface area contributed by atoms with Crippen LogP contribution < -0.4 is 0 Å². The Labute approximate surface area is 260 Å². The van der Waals surface area contributed by atoms with E-state index in [0.29, 0.717) is 25.9 Å². The van der Waals surface area contributed by atoms with Crippen LogP contribution in [0.5, 0.6) is 0 Å². The molecule has 9 heteroatoms. The molecule has 2 saturated carbocycles. The van der Waals surface area contributed by atoms with Crippen molar-refractivity contribution in [2.24, 2.45) is 5.92 Å². The number of aliphatic hydroxyl groups excluding tert-OH is 3. The maximum atomic E-state index is 13.5. The average Bonchev–Trinajstić information content (AvgIpc) is 3.06. The number of aliphatic hydroxyl groups is 3. The highest BCUT2D eigenvalue weighted by molar-refractivity contribution is 5.74. The molecular weight excluding hydrogens is 564 g/mol. The predicted molar refractivity (Wildman–Crippen MR) is 162 cm³/mol. The lowest BCUT2D eigenvalue weighted by Crippen LogP contribution is -2.62. The van der Waals surface area contributed by atoms with Crippen LogP contribution in [0, 0.1) is 5.92 Å². The first kappa shape index (κ1) is 33.0. The fraction of sp³-hybridized carbons (Fsp3) is 0.629. The van der Waals surface area contributed by atoms with E-state index in [2.05, 4.69) is 0 Å². The molecule has 1 aliphatic heterocycles. The van der Waals surface area contributed by atoms with Crippen molar-refractivity contribution in [1.29, 1.82) is 0 Å². The summed E-state index contributed by atoms with van der Waals surface area (Å²) >= 11 is 0. The Morgan fingerprint density at radius 2 is 1.43 bits per heavy atom. The summed E-state index contributed by atoms with van der Waals surface area (Å²) < 4.78 is 30.2. The third-order valence-corrected chi connectivity index (χ3v) is 9.09. The Morgan fingerprint density at radius 3 is 2.11 bits per heavy atom. The first-order valence-corrected chi connectivity index (χ1v) is 16.3. The second kappa shape index (κ2) is 16.8. The molecule has 2 aromatic carbocycles. The third kappa shape index (κ3) is 9.33. The van der Waals surface area contributed by atoms with Crippen molar-refractivity contribution in [3.05, 3.63) is 71.8 Å². The first-order valence-electron chi connectivity index (χ1n) is 16.3. The molecule has 3 fully saturated rings. The molecule has 0 bridgehead atoms. The van der Waals surface area contributed by atoms with Gasteiger partial charge in [0.1, 0.15) is 31.0 Å². The van der Waals surface area contributed by atoms with Crippen molar-refractivity contribution in [1.82, 2.24) is 0 Å². The fourth-order valence-corrected chi connectivity index (χ4v) is 6.53. The number of hydrogen-bond acceptors (Lipinski definition) is 9. The molecule has 0 spiro atoms. The van der Waals surface area contributed by atoms with Gasteiger partial charge in [0.2, 0.25) is 0 Å². The lowest BCUT2D eigenvalue weighted by Gasteiger charge is -2.45. The van der Waals surface area contributed by atoms with Crippen molar-refractivity contribution in [3.8, 4) is 0 Å². The van der Waals surface area contributed by atoms with Gasteiger partial charge >= 0.3 is 5.97 Å². The normalized spacial score (nSPS) is 30.5. The minimum Gasteiger partial charge on any atom is -0.459 e. The van der Waals surface area contributed by atoms with Gasteiger partial charge in [-0.2, -0.15) is 0 Å². The van der Waals surface area contributed by atoms with E-state index in [4.69, 9.17) is 23.7 Å². The molecule has 0 aromatic heterocycles. The number of esters is 1. The van der Waals surface area contributed by atoms with Gasteiger partial charge in [0.15, 0.2) is 12.4 Å². The lowest BCUT2D eigenvalue weighted by atomic mass is 9.85. The largest absolute Gasteiger partial charge is 0.459 e. The molecule has 1 saturated heterocycles. The Bertz CT molecular complexity index is 1110. The van der Waals surface area contributed by atoms with E-state index in [1.165, 1.54) is 6.42 Å². The van der Waals surface area contributed by atoms with Gasteiger partial charge in [-0.25, -0.2) is 4.79 Å². The lowest BCUT2D eigenvalue weighted by molar-refractivity contribution is -0.329. The van der Waals surface area contributed by atoms with Gasteiger partial charge in [-0.1, -0.05) is 106 Å². The van der Waals surface area contributed by atoms with E-state index in [9.17, 15) is 20.1 Å². The Hall–Kier alpha value is -2.37. The molecular formula is C35H48O9. The van der Waals surface area contributed by atoms with Crippen molar-refractivity contribution in [2.45, 2.75) is 126 Å². The van der Waals surface area contributed by atoms with Gasteiger partial charge in [0.25, 0.3) is 0 Å². The van der Waals surface area contributed by atoms with Gasteiger partial charge in [-0.3, -0.25) is 0 Å². The zero-order valence-corrected chi connectivity index (χ0v) is 25.5. The van der Waals surface area contributed by atoms with Gasteiger partial charge in [-0.15, -0.1) is 0 Å². The van der Waals surface area contributed by atoms with Crippen LogP contribution in [0.4, 0.5) is 0 Å². The number of carbonyl (C=O) groups excluding carboxylic acids is 1. The predicted octanol–water partition coefficient (Wildman–Crippen LogP) is 4.44. The quantitative estimate of drug-likeness (QED) is 0.282. The molecule has 2 aliphatic carbocycles. The maximum absolute atomic E-state index is 13.5. The third-order valence-electron chi connectivity index (χ3n) is 9.09. The number of rotatable bonds is 13. The van der Waals surface area contributed by atoms with Crippen molar-refractivity contribution >= 4 is 5.97 Å². The van der Waals surface area contributed by atoms with Crippen molar-refractivity contribution in [2.75, 3.05) is 6.61 Å². The highest BCUT2D eigenvalue weighted by Gasteiger charge is 2.49. The zero-order valence-electron chi connectivity index (χ0n) is 25.5. The second-order valence-electron chi connectivity index (χ2n) is 12.5. The van der Waals surface area contributed by atoms with Crippen LogP contribution in [0.25, 0.3) is 0 Å². The monoisotopic (exact) mass is 612 g/mol. The van der Waals surface area contributed by atoms with Crippen LogP contribution in [0.2, 0.25) is 0 Å². The van der Waals surface area contributed by atoms with E-state index in [1.807, 2.05) is 60.7 Å². The summed E-state index contributed by atoms with van der Waals surface area (Å²) in [5, 5.41) is 33.5. The summed E-state index contributed by atoms with van der Waals surface area (Å²) in [6.45, 7) is 0.427. The number of carbonyl (C=O) groups is 1. The Kier molecular flexibility index (Phi) is 12.6. The molecule has 8 atom stereocenters. The van der Waals surface area contributed by atoms with Gasteiger partial charge in [-0.05, 0) is 36.3 Å². The van der Waals surface area contributed by atoms with E-state index in [-0.39, 0.29) is 19.1 Å². The molecule has 5 rings (SSSR count). The molecule has 3 N–H and O–H groups in total. The minimum absolute atomic E-state index is 0.0153. The first-order chi connectivity index (χ1) is 21.5. The molecule has 242 valence electrons. The Balaban J connectivity index is 1.31. The average molecular weight is 613 g/mol. The molecule has 1 heterocycles. The highest BCUT2D eigenvalue weighted by atomic mass is 16.7. The molecule has 0 unspecified atom stereocenters. The van der Waals surface area contributed by atoms with Gasteiger partial charge in [0.05, 0.1) is 25.4 Å². The van der Waals surface area contributed by atoms with Crippen molar-refractivity contribution < 1.29 is 43.8 Å². The van der Waals surface area contributed by atoms with Gasteiger partial charge < -0.3 is 39.0 Å². The Morgan fingerprint density at radius 1 is 0.795 bits per heavy atom. The number of hydrogen-bond donors (Lipinski definition) is 3. The maximum Gasteiger partial charge on any atom is 0.335 e. The van der Waals surface area contributed by atoms with Crippen LogP contribution in [0.1, 0.15) is 75.3 Å². The zero-order chi connectivity index (χ0) is 30.7. The molecule has 0 radical (unpaired) electrons. The summed E-state index contributed by atoms with van der Waals surface area (Å²) in [5.41, 5.74) is 1.83. The summed E-state index contributed by atoms with van der Waals surface area (Å²) in [6, 6.07) is 19.1. The summed E-state index contributed by atoms with van der Waals surface area (Å²) in [5.74, 6) is -0.246. The molecule has 2 aromatic rings. The van der Waals surface area contributed by atoms with E-state index >= 15 is 0 Å². The van der Waals surface area contributed by atoms with Crippen molar-refractivity contribution in [3.63, 3.8) is 0 Å². The molecule has 0 amide bonds. The topological polar surface area (TPSA) is 124 Å². The standard InChI is InChI=1S/C35H48O9/c36-27-18-10-11-19-28(27)43-35-32(38)33(31(37)30(44-35)23-40-21-25-14-6-2-7-15-25)42-29(20-24-12-4-1-5-13-24)34(39)41-22-26-16-8-3-9-17-26/h2-3,6-9,14-17,24,27-33,35-38H,1,4-5,10-13,18-23H2/t27-,28-,29-,30+,31-,32+,33-,35+/m0/s1. The highest BCUT2D eigenvalue weighted by Crippen LogP contribution is 2.33.